The maximum absolute atomic E-state index is 12.9. The van der Waals surface area contributed by atoms with Crippen LogP contribution in [-0.2, 0) is 20.7 Å². The van der Waals surface area contributed by atoms with E-state index in [0.29, 0.717) is 32.7 Å². The molecule has 0 aliphatic carbocycles. The Morgan fingerprint density at radius 2 is 2.26 bits per heavy atom. The fourth-order valence-electron chi connectivity index (χ4n) is 3.70. The Labute approximate surface area is 141 Å². The summed E-state index contributed by atoms with van der Waals surface area (Å²) in [5.41, 5.74) is -0.350. The van der Waals surface area contributed by atoms with Crippen molar-refractivity contribution in [2.24, 2.45) is 5.41 Å². The van der Waals surface area contributed by atoms with Crippen molar-refractivity contribution in [2.45, 2.75) is 25.7 Å². The molecule has 1 aromatic rings. The standard InChI is InChI=1S/C17H24N2O3S/c1-22-10-9-18-7-3-5-17(16(18)21)6-8-19(13-17)15(20)12-14-4-2-11-23-14/h2,4,11H,3,5-10,12-13H2,1H3. The maximum Gasteiger partial charge on any atom is 0.230 e. The van der Waals surface area contributed by atoms with Gasteiger partial charge in [0.1, 0.15) is 0 Å². The maximum atomic E-state index is 12.9. The van der Waals surface area contributed by atoms with Gasteiger partial charge in [0.15, 0.2) is 0 Å². The van der Waals surface area contributed by atoms with Crippen LogP contribution in [0.4, 0.5) is 0 Å². The predicted molar refractivity (Wildman–Crippen MR) is 89.3 cm³/mol. The van der Waals surface area contributed by atoms with E-state index >= 15 is 0 Å². The first-order chi connectivity index (χ1) is 11.1. The molecule has 1 spiro atoms. The molecule has 0 N–H and O–H groups in total. The molecule has 2 amide bonds. The first-order valence-electron chi connectivity index (χ1n) is 8.23. The molecule has 0 saturated carbocycles. The van der Waals surface area contributed by atoms with E-state index in [1.807, 2.05) is 27.3 Å². The summed E-state index contributed by atoms with van der Waals surface area (Å²) in [5.74, 6) is 0.360. The number of likely N-dealkylation sites (tertiary alicyclic amines) is 2. The van der Waals surface area contributed by atoms with Crippen LogP contribution in [-0.4, -0.2) is 61.5 Å². The smallest absolute Gasteiger partial charge is 0.230 e. The summed E-state index contributed by atoms with van der Waals surface area (Å²) in [6.07, 6.45) is 3.17. The predicted octanol–water partition coefficient (Wildman–Crippen LogP) is 1.78. The number of hydrogen-bond donors (Lipinski definition) is 0. The summed E-state index contributed by atoms with van der Waals surface area (Å²) in [4.78, 5) is 30.3. The lowest BCUT2D eigenvalue weighted by atomic mass is 9.78. The number of carbonyl (C=O) groups excluding carboxylic acids is 2. The quantitative estimate of drug-likeness (QED) is 0.823. The number of ether oxygens (including phenoxy) is 1. The number of rotatable bonds is 5. The molecule has 23 heavy (non-hydrogen) atoms. The van der Waals surface area contributed by atoms with E-state index < -0.39 is 0 Å². The Morgan fingerprint density at radius 3 is 3.00 bits per heavy atom. The minimum atomic E-state index is -0.350. The molecule has 0 aromatic carbocycles. The van der Waals surface area contributed by atoms with E-state index in [0.717, 1.165) is 30.7 Å². The molecule has 3 heterocycles. The molecule has 126 valence electrons. The van der Waals surface area contributed by atoms with Crippen LogP contribution in [0.1, 0.15) is 24.1 Å². The zero-order valence-electron chi connectivity index (χ0n) is 13.6. The second-order valence-electron chi connectivity index (χ2n) is 6.49. The SMILES string of the molecule is COCCN1CCCC2(CCN(C(=O)Cc3cccs3)C2)C1=O. The average molecular weight is 336 g/mol. The number of hydrogen-bond acceptors (Lipinski definition) is 4. The van der Waals surface area contributed by atoms with E-state index in [-0.39, 0.29) is 17.2 Å². The molecule has 1 unspecified atom stereocenters. The van der Waals surface area contributed by atoms with Gasteiger partial charge in [-0.25, -0.2) is 0 Å². The number of piperidine rings is 1. The van der Waals surface area contributed by atoms with E-state index in [1.165, 1.54) is 0 Å². The van der Waals surface area contributed by atoms with E-state index in [1.54, 1.807) is 18.4 Å². The third-order valence-corrected chi connectivity index (χ3v) is 5.88. The van der Waals surface area contributed by atoms with Gasteiger partial charge in [-0.15, -0.1) is 11.3 Å². The molecule has 3 rings (SSSR count). The zero-order chi connectivity index (χ0) is 16.3. The van der Waals surface area contributed by atoms with Crippen molar-refractivity contribution in [1.82, 2.24) is 9.80 Å². The van der Waals surface area contributed by atoms with Crippen LogP contribution in [0.5, 0.6) is 0 Å². The zero-order valence-corrected chi connectivity index (χ0v) is 14.4. The summed E-state index contributed by atoms with van der Waals surface area (Å²) in [6, 6.07) is 3.96. The van der Waals surface area contributed by atoms with Gasteiger partial charge in [-0.3, -0.25) is 9.59 Å². The van der Waals surface area contributed by atoms with E-state index in [2.05, 4.69) is 0 Å². The van der Waals surface area contributed by atoms with E-state index in [9.17, 15) is 9.59 Å². The number of methoxy groups -OCH3 is 1. The largest absolute Gasteiger partial charge is 0.383 e. The third-order valence-electron chi connectivity index (χ3n) is 5.00. The Hall–Kier alpha value is -1.40. The molecular weight excluding hydrogens is 312 g/mol. The molecule has 0 bridgehead atoms. The highest BCUT2D eigenvalue weighted by Crippen LogP contribution is 2.40. The fourth-order valence-corrected chi connectivity index (χ4v) is 4.40. The molecule has 2 aliphatic heterocycles. The van der Waals surface area contributed by atoms with Gasteiger partial charge >= 0.3 is 0 Å². The number of thiophene rings is 1. The Bertz CT molecular complexity index is 560. The van der Waals surface area contributed by atoms with Gasteiger partial charge in [0.2, 0.25) is 11.8 Å². The van der Waals surface area contributed by atoms with Crippen molar-refractivity contribution in [3.63, 3.8) is 0 Å². The van der Waals surface area contributed by atoms with Crippen molar-refractivity contribution in [1.29, 1.82) is 0 Å². The molecule has 1 aromatic heterocycles. The molecule has 5 nitrogen and oxygen atoms in total. The first kappa shape index (κ1) is 16.5. The topological polar surface area (TPSA) is 49.9 Å². The third kappa shape index (κ3) is 3.43. The van der Waals surface area contributed by atoms with Crippen LogP contribution in [0.2, 0.25) is 0 Å². The van der Waals surface area contributed by atoms with Crippen molar-refractivity contribution in [3.05, 3.63) is 22.4 Å². The molecule has 2 saturated heterocycles. The highest BCUT2D eigenvalue weighted by molar-refractivity contribution is 7.10. The lowest BCUT2D eigenvalue weighted by molar-refractivity contribution is -0.146. The van der Waals surface area contributed by atoms with E-state index in [4.69, 9.17) is 4.74 Å². The Kier molecular flexibility index (Phi) is 5.02. The summed E-state index contributed by atoms with van der Waals surface area (Å²) in [6.45, 7) is 3.32. The van der Waals surface area contributed by atoms with Crippen LogP contribution in [0.25, 0.3) is 0 Å². The Morgan fingerprint density at radius 1 is 1.39 bits per heavy atom. The molecule has 0 radical (unpaired) electrons. The van der Waals surface area contributed by atoms with Gasteiger partial charge in [0.25, 0.3) is 0 Å². The van der Waals surface area contributed by atoms with Crippen LogP contribution in [0, 0.1) is 5.41 Å². The van der Waals surface area contributed by atoms with Crippen molar-refractivity contribution < 1.29 is 14.3 Å². The summed E-state index contributed by atoms with van der Waals surface area (Å²) < 4.78 is 5.10. The van der Waals surface area contributed by atoms with Crippen LogP contribution < -0.4 is 0 Å². The monoisotopic (exact) mass is 336 g/mol. The number of amides is 2. The van der Waals surface area contributed by atoms with Gasteiger partial charge in [0.05, 0.1) is 18.4 Å². The highest BCUT2D eigenvalue weighted by Gasteiger charge is 2.49. The lowest BCUT2D eigenvalue weighted by Crippen LogP contribution is -2.51. The molecular formula is C17H24N2O3S. The lowest BCUT2D eigenvalue weighted by Gasteiger charge is -2.39. The van der Waals surface area contributed by atoms with Crippen molar-refractivity contribution in [2.75, 3.05) is 39.9 Å². The van der Waals surface area contributed by atoms with Gasteiger partial charge in [0, 0.05) is 38.2 Å². The van der Waals surface area contributed by atoms with Gasteiger partial charge in [-0.1, -0.05) is 6.07 Å². The minimum absolute atomic E-state index is 0.145. The normalized spacial score (nSPS) is 24.7. The van der Waals surface area contributed by atoms with Crippen molar-refractivity contribution in [3.8, 4) is 0 Å². The second-order valence-corrected chi connectivity index (χ2v) is 7.52. The number of nitrogens with zero attached hydrogens (tertiary/aromatic N) is 2. The first-order valence-corrected chi connectivity index (χ1v) is 9.11. The second kappa shape index (κ2) is 7.01. The summed E-state index contributed by atoms with van der Waals surface area (Å²) in [7, 11) is 1.66. The molecule has 6 heteroatoms. The molecule has 1 atom stereocenters. The average Bonchev–Trinajstić information content (AvgIpc) is 3.19. The van der Waals surface area contributed by atoms with Crippen molar-refractivity contribution >= 4 is 23.2 Å². The van der Waals surface area contributed by atoms with Crippen LogP contribution in [0.15, 0.2) is 17.5 Å². The van der Waals surface area contributed by atoms with Gasteiger partial charge in [-0.05, 0) is 30.7 Å². The number of carbonyl (C=O) groups is 2. The van der Waals surface area contributed by atoms with Crippen LogP contribution in [0.3, 0.4) is 0 Å². The highest BCUT2D eigenvalue weighted by atomic mass is 32.1. The molecule has 2 aliphatic rings. The Balaban J connectivity index is 1.63. The summed E-state index contributed by atoms with van der Waals surface area (Å²) in [5, 5.41) is 1.99. The molecule has 2 fully saturated rings. The minimum Gasteiger partial charge on any atom is -0.383 e. The van der Waals surface area contributed by atoms with Gasteiger partial charge < -0.3 is 14.5 Å². The fraction of sp³-hybridized carbons (Fsp3) is 0.647. The van der Waals surface area contributed by atoms with Crippen LogP contribution >= 0.6 is 11.3 Å². The summed E-state index contributed by atoms with van der Waals surface area (Å²) >= 11 is 1.61. The van der Waals surface area contributed by atoms with Gasteiger partial charge in [-0.2, -0.15) is 0 Å².